The number of nitrogens with zero attached hydrogens (tertiary/aromatic N) is 2. The lowest BCUT2D eigenvalue weighted by molar-refractivity contribution is -0.113. The highest BCUT2D eigenvalue weighted by Gasteiger charge is 2.35. The predicted molar refractivity (Wildman–Crippen MR) is 139 cm³/mol. The topological polar surface area (TPSA) is 80.6 Å². The van der Waals surface area contributed by atoms with Crippen molar-refractivity contribution in [3.63, 3.8) is 0 Å². The molecule has 2 bridgehead atoms. The lowest BCUT2D eigenvalue weighted by Gasteiger charge is -2.43. The Kier molecular flexibility index (Phi) is 6.81. The van der Waals surface area contributed by atoms with Crippen LogP contribution >= 0.6 is 35.3 Å². The number of rotatable bonds is 4. The number of thiocarbonyl (C=S) groups is 1. The molecule has 2 unspecified atom stereocenters. The number of carbonyl (C=O) groups is 2. The molecule has 10 heteroatoms. The highest BCUT2D eigenvalue weighted by molar-refractivity contribution is 8.23. The highest BCUT2D eigenvalue weighted by atomic mass is 32.2. The molecule has 1 saturated heterocycles. The van der Waals surface area contributed by atoms with E-state index in [1.807, 2.05) is 16.7 Å². The second kappa shape index (κ2) is 9.83. The van der Waals surface area contributed by atoms with Crippen molar-refractivity contribution in [2.24, 2.45) is 5.92 Å². The Morgan fingerprint density at radius 3 is 2.88 bits per heavy atom. The standard InChI is InChI=1S/C24H27N3O4S3/c1-31-23(30)21-16-5-2-3-7-18(16)34-22(21)25-19(28)13-33-24(32)26-10-14-9-15(12-26)17-6-4-8-20(29)27(17)11-14/h4,6,8,14-15H,2-3,5,7,9-13H2,1H3,(H,25,28). The molecule has 2 aromatic heterocycles. The van der Waals surface area contributed by atoms with Crippen LogP contribution in [-0.4, -0.2) is 51.6 Å². The average molecular weight is 518 g/mol. The van der Waals surface area contributed by atoms with Gasteiger partial charge in [0.25, 0.3) is 5.56 Å². The van der Waals surface area contributed by atoms with Gasteiger partial charge in [-0.05, 0) is 49.7 Å². The molecule has 7 nitrogen and oxygen atoms in total. The Balaban J connectivity index is 1.22. The summed E-state index contributed by atoms with van der Waals surface area (Å²) in [4.78, 5) is 40.8. The number of pyridine rings is 1. The molecule has 2 aliphatic heterocycles. The van der Waals surface area contributed by atoms with Crippen LogP contribution in [0.1, 0.15) is 51.7 Å². The van der Waals surface area contributed by atoms with Gasteiger partial charge in [0.2, 0.25) is 5.91 Å². The number of likely N-dealkylation sites (tertiary alicyclic amines) is 1. The number of carbonyl (C=O) groups excluding carboxylic acids is 2. The fourth-order valence-electron chi connectivity index (χ4n) is 5.40. The molecular weight excluding hydrogens is 490 g/mol. The summed E-state index contributed by atoms with van der Waals surface area (Å²) in [5.41, 5.74) is 2.69. The van der Waals surface area contributed by atoms with Crippen molar-refractivity contribution >= 4 is 56.5 Å². The van der Waals surface area contributed by atoms with Gasteiger partial charge in [-0.2, -0.15) is 0 Å². The van der Waals surface area contributed by atoms with Crippen molar-refractivity contribution in [2.75, 3.05) is 31.3 Å². The van der Waals surface area contributed by atoms with E-state index in [-0.39, 0.29) is 23.1 Å². The summed E-state index contributed by atoms with van der Waals surface area (Å²) in [5.74, 6) is 0.263. The van der Waals surface area contributed by atoms with Gasteiger partial charge in [-0.3, -0.25) is 9.59 Å². The molecule has 34 heavy (non-hydrogen) atoms. The maximum absolute atomic E-state index is 12.8. The lowest BCUT2D eigenvalue weighted by Crippen LogP contribution is -2.48. The third kappa shape index (κ3) is 4.55. The number of fused-ring (bicyclic) bond motifs is 5. The van der Waals surface area contributed by atoms with Crippen molar-refractivity contribution in [2.45, 2.75) is 44.6 Å². The molecule has 1 amide bonds. The number of amides is 1. The minimum atomic E-state index is -0.392. The fourth-order valence-corrected chi connectivity index (χ4v) is 7.68. The first-order valence-electron chi connectivity index (χ1n) is 11.6. The first-order chi connectivity index (χ1) is 16.4. The van der Waals surface area contributed by atoms with Crippen LogP contribution in [0.3, 0.4) is 0 Å². The molecule has 4 heterocycles. The summed E-state index contributed by atoms with van der Waals surface area (Å²) >= 11 is 8.53. The Labute approximate surface area is 211 Å². The van der Waals surface area contributed by atoms with Crippen LogP contribution in [0.5, 0.6) is 0 Å². The van der Waals surface area contributed by atoms with Crippen LogP contribution < -0.4 is 10.9 Å². The monoisotopic (exact) mass is 517 g/mol. The van der Waals surface area contributed by atoms with Crippen molar-refractivity contribution in [1.29, 1.82) is 0 Å². The Bertz CT molecular complexity index is 1200. The molecule has 3 aliphatic rings. The normalized spacial score (nSPS) is 20.8. The zero-order chi connectivity index (χ0) is 23.8. The van der Waals surface area contributed by atoms with Crippen LogP contribution in [-0.2, 0) is 28.9 Å². The van der Waals surface area contributed by atoms with Crippen molar-refractivity contribution in [3.8, 4) is 0 Å². The zero-order valence-electron chi connectivity index (χ0n) is 19.0. The number of hydrogen-bond donors (Lipinski definition) is 1. The SMILES string of the molecule is COC(=O)c1c(NC(=O)CSC(=S)N2CC3CC(C2)c2cccc(=O)n2C3)sc2c1CCCC2. The number of nitrogens with one attached hydrogen (secondary N) is 1. The number of piperidine rings is 1. The summed E-state index contributed by atoms with van der Waals surface area (Å²) in [7, 11) is 1.37. The number of thiophene rings is 1. The third-order valence-corrected chi connectivity index (χ3v) is 9.61. The number of aryl methyl sites for hydroxylation is 1. The zero-order valence-corrected chi connectivity index (χ0v) is 21.5. The Hall–Kier alpha value is -2.17. The average Bonchev–Trinajstić information content (AvgIpc) is 3.20. The molecule has 2 aromatic rings. The first-order valence-corrected chi connectivity index (χ1v) is 13.8. The van der Waals surface area contributed by atoms with Crippen LogP contribution in [0, 0.1) is 5.92 Å². The van der Waals surface area contributed by atoms with E-state index in [2.05, 4.69) is 10.2 Å². The van der Waals surface area contributed by atoms with Crippen LogP contribution in [0.25, 0.3) is 0 Å². The molecule has 180 valence electrons. The van der Waals surface area contributed by atoms with E-state index < -0.39 is 5.97 Å². The van der Waals surface area contributed by atoms with Gasteiger partial charge >= 0.3 is 5.97 Å². The molecule has 1 aliphatic carbocycles. The predicted octanol–water partition coefficient (Wildman–Crippen LogP) is 3.65. The molecule has 0 saturated carbocycles. The highest BCUT2D eigenvalue weighted by Crippen LogP contribution is 2.39. The summed E-state index contributed by atoms with van der Waals surface area (Å²) in [6, 6.07) is 5.49. The Morgan fingerprint density at radius 1 is 1.24 bits per heavy atom. The van der Waals surface area contributed by atoms with E-state index >= 15 is 0 Å². The minimum Gasteiger partial charge on any atom is -0.465 e. The van der Waals surface area contributed by atoms with E-state index in [4.69, 9.17) is 17.0 Å². The number of ether oxygens (including phenoxy) is 1. The van der Waals surface area contributed by atoms with Gasteiger partial charge in [0, 0.05) is 42.2 Å². The molecule has 1 fully saturated rings. The maximum atomic E-state index is 12.8. The van der Waals surface area contributed by atoms with Crippen LogP contribution in [0.15, 0.2) is 23.0 Å². The van der Waals surface area contributed by atoms with Gasteiger partial charge in [-0.25, -0.2) is 4.79 Å². The summed E-state index contributed by atoms with van der Waals surface area (Å²) < 4.78 is 7.60. The number of thioether (sulfide) groups is 1. The quantitative estimate of drug-likeness (QED) is 0.490. The lowest BCUT2D eigenvalue weighted by atomic mass is 9.83. The molecule has 0 radical (unpaired) electrons. The second-order valence-electron chi connectivity index (χ2n) is 9.11. The molecular formula is C24H27N3O4S3. The molecule has 0 aromatic carbocycles. The summed E-state index contributed by atoms with van der Waals surface area (Å²) in [6.07, 6.45) is 4.99. The molecule has 2 atom stereocenters. The van der Waals surface area contributed by atoms with Gasteiger partial charge in [0.1, 0.15) is 9.32 Å². The Morgan fingerprint density at radius 2 is 2.06 bits per heavy atom. The number of hydrogen-bond acceptors (Lipinski definition) is 7. The van der Waals surface area contributed by atoms with E-state index in [9.17, 15) is 14.4 Å². The van der Waals surface area contributed by atoms with E-state index in [0.717, 1.165) is 63.0 Å². The van der Waals surface area contributed by atoms with Gasteiger partial charge in [-0.1, -0.05) is 30.0 Å². The summed E-state index contributed by atoms with van der Waals surface area (Å²) in [5, 5.41) is 3.53. The van der Waals surface area contributed by atoms with Gasteiger partial charge < -0.3 is 19.5 Å². The largest absolute Gasteiger partial charge is 0.465 e. The van der Waals surface area contributed by atoms with E-state index in [1.165, 1.54) is 35.1 Å². The molecule has 0 spiro atoms. The second-order valence-corrected chi connectivity index (χ2v) is 11.8. The van der Waals surface area contributed by atoms with Crippen molar-refractivity contribution in [1.82, 2.24) is 9.47 Å². The third-order valence-electron chi connectivity index (χ3n) is 6.88. The molecule has 5 rings (SSSR count). The van der Waals surface area contributed by atoms with Crippen molar-refractivity contribution in [3.05, 3.63) is 50.3 Å². The van der Waals surface area contributed by atoms with E-state index in [1.54, 1.807) is 6.07 Å². The molecule has 1 N–H and O–H groups in total. The number of esters is 1. The number of methoxy groups -OCH3 is 1. The first kappa shape index (κ1) is 23.6. The minimum absolute atomic E-state index is 0.0656. The van der Waals surface area contributed by atoms with Crippen LogP contribution in [0.4, 0.5) is 5.00 Å². The van der Waals surface area contributed by atoms with Crippen molar-refractivity contribution < 1.29 is 14.3 Å². The smallest absolute Gasteiger partial charge is 0.341 e. The van der Waals surface area contributed by atoms with Gasteiger partial charge in [0.05, 0.1) is 18.4 Å². The van der Waals surface area contributed by atoms with Crippen LogP contribution in [0.2, 0.25) is 0 Å². The van der Waals surface area contributed by atoms with E-state index in [0.29, 0.717) is 20.8 Å². The summed E-state index contributed by atoms with van der Waals surface area (Å²) in [6.45, 7) is 2.28. The van der Waals surface area contributed by atoms with Gasteiger partial charge in [0.15, 0.2) is 0 Å². The fraction of sp³-hybridized carbons (Fsp3) is 0.500. The maximum Gasteiger partial charge on any atom is 0.341 e. The number of anilines is 1. The van der Waals surface area contributed by atoms with Gasteiger partial charge in [-0.15, -0.1) is 11.3 Å². The number of aromatic nitrogens is 1.